The number of aromatic amines is 1. The van der Waals surface area contributed by atoms with Gasteiger partial charge in [0, 0.05) is 6.54 Å². The van der Waals surface area contributed by atoms with Crippen molar-refractivity contribution in [2.45, 2.75) is 43.9 Å². The molecule has 1 aliphatic carbocycles. The Morgan fingerprint density at radius 3 is 2.53 bits per heavy atom. The lowest BCUT2D eigenvalue weighted by molar-refractivity contribution is 0.270. The first-order valence-electron chi connectivity index (χ1n) is 6.81. The number of nitrogens with one attached hydrogen (secondary N) is 2. The van der Waals surface area contributed by atoms with Crippen molar-refractivity contribution in [1.29, 1.82) is 0 Å². The van der Waals surface area contributed by atoms with Gasteiger partial charge in [-0.2, -0.15) is 5.10 Å². The fourth-order valence-corrected chi connectivity index (χ4v) is 3.79. The van der Waals surface area contributed by atoms with E-state index < -0.39 is 10.0 Å². The highest BCUT2D eigenvalue weighted by molar-refractivity contribution is 7.89. The van der Waals surface area contributed by atoms with Crippen LogP contribution in [0.15, 0.2) is 11.1 Å². The number of hydrogen-bond acceptors (Lipinski definition) is 4. The number of aromatic nitrogens is 2. The lowest BCUT2D eigenvalue weighted by atomic mass is 9.81. The molecule has 1 fully saturated rings. The maximum absolute atomic E-state index is 12.0. The van der Waals surface area contributed by atoms with Crippen molar-refractivity contribution in [3.05, 3.63) is 6.20 Å². The molecule has 0 bridgehead atoms. The summed E-state index contributed by atoms with van der Waals surface area (Å²) in [5.74, 6) is 1.34. The van der Waals surface area contributed by atoms with E-state index in [4.69, 9.17) is 5.73 Å². The van der Waals surface area contributed by atoms with Crippen LogP contribution < -0.4 is 10.5 Å². The number of hydrogen-bond donors (Lipinski definition) is 3. The molecule has 0 aliphatic heterocycles. The van der Waals surface area contributed by atoms with E-state index in [1.54, 1.807) is 0 Å². The van der Waals surface area contributed by atoms with Gasteiger partial charge in [-0.15, -0.1) is 0 Å². The van der Waals surface area contributed by atoms with Gasteiger partial charge in [0.15, 0.2) is 0 Å². The van der Waals surface area contributed by atoms with Gasteiger partial charge in [-0.3, -0.25) is 5.10 Å². The van der Waals surface area contributed by atoms with Crippen molar-refractivity contribution in [2.75, 3.05) is 12.3 Å². The summed E-state index contributed by atoms with van der Waals surface area (Å²) in [6.07, 6.45) is 7.08. The Labute approximate surface area is 114 Å². The van der Waals surface area contributed by atoms with Gasteiger partial charge in [0.05, 0.1) is 6.20 Å². The van der Waals surface area contributed by atoms with Gasteiger partial charge >= 0.3 is 0 Å². The Hall–Kier alpha value is -1.08. The molecule has 0 amide bonds. The minimum atomic E-state index is -3.53. The Balaban J connectivity index is 1.88. The van der Waals surface area contributed by atoms with Gasteiger partial charge in [-0.05, 0) is 24.7 Å². The lowest BCUT2D eigenvalue weighted by Crippen LogP contribution is -2.31. The predicted octanol–water partition coefficient (Wildman–Crippen LogP) is 1.49. The third-order valence-corrected chi connectivity index (χ3v) is 5.48. The van der Waals surface area contributed by atoms with Crippen molar-refractivity contribution in [2.24, 2.45) is 11.8 Å². The van der Waals surface area contributed by atoms with Crippen molar-refractivity contribution < 1.29 is 8.42 Å². The van der Waals surface area contributed by atoms with Crippen molar-refractivity contribution in [1.82, 2.24) is 14.9 Å². The summed E-state index contributed by atoms with van der Waals surface area (Å²) < 4.78 is 26.7. The SMILES string of the molecule is CCC1CCC(CNS(=O)(=O)c2cn[nH]c2N)CC1. The molecule has 0 spiro atoms. The number of nitrogens with zero attached hydrogens (tertiary/aromatic N) is 1. The van der Waals surface area contributed by atoms with E-state index in [-0.39, 0.29) is 10.7 Å². The molecule has 0 saturated heterocycles. The van der Waals surface area contributed by atoms with E-state index in [0.29, 0.717) is 12.5 Å². The summed E-state index contributed by atoms with van der Waals surface area (Å²) in [6.45, 7) is 2.71. The first-order chi connectivity index (χ1) is 9.03. The van der Waals surface area contributed by atoms with Gasteiger partial charge in [0.2, 0.25) is 10.0 Å². The monoisotopic (exact) mass is 286 g/mol. The first kappa shape index (κ1) is 14.3. The maximum atomic E-state index is 12.0. The standard InChI is InChI=1S/C12H22N4O2S/c1-2-9-3-5-10(6-4-9)7-15-19(17,18)11-8-14-16-12(11)13/h8-10,15H,2-7H2,1H3,(H3,13,14,16). The highest BCUT2D eigenvalue weighted by Crippen LogP contribution is 2.30. The Kier molecular flexibility index (Phi) is 4.46. The Morgan fingerprint density at radius 1 is 1.37 bits per heavy atom. The zero-order chi connectivity index (χ0) is 13.9. The average molecular weight is 286 g/mol. The van der Waals surface area contributed by atoms with Gasteiger partial charge in [-0.1, -0.05) is 26.2 Å². The van der Waals surface area contributed by atoms with E-state index in [2.05, 4.69) is 21.8 Å². The summed E-state index contributed by atoms with van der Waals surface area (Å²) in [7, 11) is -3.53. The van der Waals surface area contributed by atoms with Gasteiger partial charge in [-0.25, -0.2) is 13.1 Å². The molecule has 108 valence electrons. The molecule has 2 rings (SSSR count). The Morgan fingerprint density at radius 2 is 2.00 bits per heavy atom. The second-order valence-corrected chi connectivity index (χ2v) is 7.03. The summed E-state index contributed by atoms with van der Waals surface area (Å²) in [5, 5.41) is 6.07. The molecule has 1 heterocycles. The van der Waals surface area contributed by atoms with Crippen molar-refractivity contribution >= 4 is 15.8 Å². The van der Waals surface area contributed by atoms with E-state index in [1.165, 1.54) is 25.5 Å². The second-order valence-electron chi connectivity index (χ2n) is 5.29. The molecule has 0 unspecified atom stereocenters. The number of rotatable bonds is 5. The summed E-state index contributed by atoms with van der Waals surface area (Å²) in [4.78, 5) is 0.0368. The van der Waals surface area contributed by atoms with Crippen LogP contribution in [-0.4, -0.2) is 25.2 Å². The van der Waals surface area contributed by atoms with Crippen molar-refractivity contribution in [3.8, 4) is 0 Å². The van der Waals surface area contributed by atoms with Crippen LogP contribution in [0.3, 0.4) is 0 Å². The molecular weight excluding hydrogens is 264 g/mol. The molecule has 1 aromatic rings. The van der Waals surface area contributed by atoms with Gasteiger partial charge < -0.3 is 5.73 Å². The topological polar surface area (TPSA) is 101 Å². The predicted molar refractivity (Wildman–Crippen MR) is 73.9 cm³/mol. The fourth-order valence-electron chi connectivity index (χ4n) is 2.65. The van der Waals surface area contributed by atoms with Crippen molar-refractivity contribution in [3.63, 3.8) is 0 Å². The van der Waals surface area contributed by atoms with Crippen LogP contribution in [0, 0.1) is 11.8 Å². The van der Waals surface area contributed by atoms with Crippen LogP contribution in [0.2, 0.25) is 0 Å². The molecule has 0 radical (unpaired) electrons. The molecule has 4 N–H and O–H groups in total. The van der Waals surface area contributed by atoms with Crippen LogP contribution in [-0.2, 0) is 10.0 Å². The van der Waals surface area contributed by atoms with E-state index >= 15 is 0 Å². The fraction of sp³-hybridized carbons (Fsp3) is 0.750. The molecule has 1 aromatic heterocycles. The lowest BCUT2D eigenvalue weighted by Gasteiger charge is -2.27. The van der Waals surface area contributed by atoms with Crippen LogP contribution in [0.1, 0.15) is 39.0 Å². The minimum Gasteiger partial charge on any atom is -0.383 e. The summed E-state index contributed by atoms with van der Waals surface area (Å²) in [6, 6.07) is 0. The molecule has 1 saturated carbocycles. The first-order valence-corrected chi connectivity index (χ1v) is 8.29. The summed E-state index contributed by atoms with van der Waals surface area (Å²) >= 11 is 0. The second kappa shape index (κ2) is 5.92. The highest BCUT2D eigenvalue weighted by Gasteiger charge is 2.24. The van der Waals surface area contributed by atoms with Crippen LogP contribution in [0.25, 0.3) is 0 Å². The van der Waals surface area contributed by atoms with E-state index in [0.717, 1.165) is 18.8 Å². The van der Waals surface area contributed by atoms with Crippen LogP contribution in [0.5, 0.6) is 0 Å². The normalized spacial score (nSPS) is 24.5. The molecular formula is C12H22N4O2S. The average Bonchev–Trinajstić information content (AvgIpc) is 2.84. The molecule has 0 atom stereocenters. The minimum absolute atomic E-state index is 0.0368. The summed E-state index contributed by atoms with van der Waals surface area (Å²) in [5.41, 5.74) is 5.53. The van der Waals surface area contributed by atoms with Crippen LogP contribution >= 0.6 is 0 Å². The third-order valence-electron chi connectivity index (χ3n) is 4.03. The molecule has 0 aromatic carbocycles. The van der Waals surface area contributed by atoms with E-state index in [9.17, 15) is 8.42 Å². The highest BCUT2D eigenvalue weighted by atomic mass is 32.2. The molecule has 19 heavy (non-hydrogen) atoms. The van der Waals surface area contributed by atoms with Gasteiger partial charge in [0.25, 0.3) is 0 Å². The zero-order valence-corrected chi connectivity index (χ0v) is 12.0. The number of nitrogens with two attached hydrogens (primary N) is 1. The number of H-pyrrole nitrogens is 1. The van der Waals surface area contributed by atoms with Gasteiger partial charge in [0.1, 0.15) is 10.7 Å². The molecule has 6 nitrogen and oxygen atoms in total. The van der Waals surface area contributed by atoms with E-state index in [1.807, 2.05) is 0 Å². The molecule has 1 aliphatic rings. The quantitative estimate of drug-likeness (QED) is 0.763. The van der Waals surface area contributed by atoms with Crippen LogP contribution in [0.4, 0.5) is 5.82 Å². The smallest absolute Gasteiger partial charge is 0.245 e. The molecule has 7 heteroatoms. The number of nitrogen functional groups attached to an aromatic ring is 1. The third kappa shape index (κ3) is 3.48. The number of sulfonamides is 1. The number of anilines is 1. The Bertz CT molecular complexity index is 504. The maximum Gasteiger partial charge on any atom is 0.245 e. The zero-order valence-electron chi connectivity index (χ0n) is 11.2. The largest absolute Gasteiger partial charge is 0.383 e.